The van der Waals surface area contributed by atoms with Crippen LogP contribution in [0.5, 0.6) is 0 Å². The van der Waals surface area contributed by atoms with E-state index in [-0.39, 0.29) is 0 Å². The van der Waals surface area contributed by atoms with E-state index < -0.39 is 0 Å². The van der Waals surface area contributed by atoms with Gasteiger partial charge >= 0.3 is 0 Å². The zero-order chi connectivity index (χ0) is 11.1. The third-order valence-electron chi connectivity index (χ3n) is 2.87. The summed E-state index contributed by atoms with van der Waals surface area (Å²) in [5, 5.41) is 3.54. The van der Waals surface area contributed by atoms with Crippen LogP contribution in [-0.2, 0) is 6.42 Å². The highest BCUT2D eigenvalue weighted by atomic mass is 14.9. The molecule has 0 saturated carbocycles. The number of benzene rings is 1. The van der Waals surface area contributed by atoms with Crippen LogP contribution in [0.3, 0.4) is 0 Å². The van der Waals surface area contributed by atoms with Gasteiger partial charge in [-0.2, -0.15) is 0 Å². The molecule has 1 rings (SSSR count). The number of nitrogens with one attached hydrogen (secondary N) is 1. The Bertz CT molecular complexity index is 263. The van der Waals surface area contributed by atoms with Crippen molar-refractivity contribution in [3.8, 4) is 0 Å². The normalized spacial score (nSPS) is 12.7. The first-order chi connectivity index (χ1) is 7.27. The van der Waals surface area contributed by atoms with Gasteiger partial charge in [0.05, 0.1) is 0 Å². The summed E-state index contributed by atoms with van der Waals surface area (Å²) in [5.74, 6) is 0. The highest BCUT2D eigenvalue weighted by Crippen LogP contribution is 2.13. The lowest BCUT2D eigenvalue weighted by Gasteiger charge is -2.14. The third-order valence-corrected chi connectivity index (χ3v) is 2.87. The van der Waals surface area contributed by atoms with E-state index in [1.54, 1.807) is 0 Å². The maximum absolute atomic E-state index is 3.54. The SMILES string of the molecule is CCCCN[C@@H](C)c1ccc(CC)cc1. The van der Waals surface area contributed by atoms with E-state index in [1.165, 1.54) is 24.0 Å². The maximum Gasteiger partial charge on any atom is 0.0291 e. The van der Waals surface area contributed by atoms with E-state index in [2.05, 4.69) is 50.4 Å². The van der Waals surface area contributed by atoms with Gasteiger partial charge in [0, 0.05) is 6.04 Å². The van der Waals surface area contributed by atoms with E-state index in [4.69, 9.17) is 0 Å². The van der Waals surface area contributed by atoms with Crippen molar-refractivity contribution in [2.24, 2.45) is 0 Å². The second-order valence-corrected chi connectivity index (χ2v) is 4.12. The lowest BCUT2D eigenvalue weighted by Crippen LogP contribution is -2.19. The van der Waals surface area contributed by atoms with E-state index in [1.807, 2.05) is 0 Å². The Balaban J connectivity index is 2.46. The topological polar surface area (TPSA) is 12.0 Å². The average Bonchev–Trinajstić information content (AvgIpc) is 2.29. The van der Waals surface area contributed by atoms with Gasteiger partial charge in [-0.15, -0.1) is 0 Å². The largest absolute Gasteiger partial charge is 0.310 e. The quantitative estimate of drug-likeness (QED) is 0.698. The third kappa shape index (κ3) is 4.05. The van der Waals surface area contributed by atoms with Crippen LogP contribution in [0.25, 0.3) is 0 Å². The minimum absolute atomic E-state index is 0.474. The summed E-state index contributed by atoms with van der Waals surface area (Å²) in [6, 6.07) is 9.41. The van der Waals surface area contributed by atoms with Crippen LogP contribution in [0.15, 0.2) is 24.3 Å². The molecule has 84 valence electrons. The van der Waals surface area contributed by atoms with Crippen molar-refractivity contribution in [2.75, 3.05) is 6.54 Å². The zero-order valence-corrected chi connectivity index (χ0v) is 10.2. The second kappa shape index (κ2) is 6.62. The Morgan fingerprint density at radius 1 is 1.13 bits per heavy atom. The molecule has 0 spiro atoms. The molecular formula is C14H23N. The smallest absolute Gasteiger partial charge is 0.0291 e. The highest BCUT2D eigenvalue weighted by molar-refractivity contribution is 5.24. The van der Waals surface area contributed by atoms with Crippen molar-refractivity contribution in [3.05, 3.63) is 35.4 Å². The predicted octanol–water partition coefficient (Wildman–Crippen LogP) is 3.70. The van der Waals surface area contributed by atoms with Crippen LogP contribution >= 0.6 is 0 Å². The molecule has 0 saturated heterocycles. The predicted molar refractivity (Wildman–Crippen MR) is 67.1 cm³/mol. The van der Waals surface area contributed by atoms with Gasteiger partial charge in [-0.05, 0) is 37.4 Å². The molecule has 0 unspecified atom stereocenters. The van der Waals surface area contributed by atoms with Gasteiger partial charge in [-0.3, -0.25) is 0 Å². The Kier molecular flexibility index (Phi) is 5.41. The lowest BCUT2D eigenvalue weighted by atomic mass is 10.0. The Hall–Kier alpha value is -0.820. The first-order valence-electron chi connectivity index (χ1n) is 6.10. The molecule has 1 aromatic carbocycles. The first kappa shape index (κ1) is 12.3. The van der Waals surface area contributed by atoms with Gasteiger partial charge in [0.25, 0.3) is 0 Å². The van der Waals surface area contributed by atoms with Crippen molar-refractivity contribution in [3.63, 3.8) is 0 Å². The van der Waals surface area contributed by atoms with Gasteiger partial charge in [0.15, 0.2) is 0 Å². The Morgan fingerprint density at radius 2 is 1.80 bits per heavy atom. The molecule has 0 aliphatic carbocycles. The van der Waals surface area contributed by atoms with Gasteiger partial charge in [0.2, 0.25) is 0 Å². The molecule has 0 aliphatic heterocycles. The molecule has 1 nitrogen and oxygen atoms in total. The van der Waals surface area contributed by atoms with Crippen LogP contribution in [0, 0.1) is 0 Å². The number of rotatable bonds is 6. The van der Waals surface area contributed by atoms with E-state index in [9.17, 15) is 0 Å². The van der Waals surface area contributed by atoms with E-state index in [0.717, 1.165) is 13.0 Å². The Labute approximate surface area is 93.9 Å². The van der Waals surface area contributed by atoms with Crippen molar-refractivity contribution in [1.29, 1.82) is 0 Å². The maximum atomic E-state index is 3.54. The highest BCUT2D eigenvalue weighted by Gasteiger charge is 2.03. The van der Waals surface area contributed by atoms with Crippen LogP contribution in [0.2, 0.25) is 0 Å². The molecule has 1 N–H and O–H groups in total. The molecule has 0 fully saturated rings. The fourth-order valence-electron chi connectivity index (χ4n) is 1.66. The number of unbranched alkanes of at least 4 members (excludes halogenated alkanes) is 1. The summed E-state index contributed by atoms with van der Waals surface area (Å²) in [5.41, 5.74) is 2.81. The molecule has 1 atom stereocenters. The number of hydrogen-bond donors (Lipinski definition) is 1. The van der Waals surface area contributed by atoms with Gasteiger partial charge in [-0.1, -0.05) is 44.5 Å². The molecule has 1 aromatic rings. The minimum Gasteiger partial charge on any atom is -0.310 e. The van der Waals surface area contributed by atoms with Gasteiger partial charge in [-0.25, -0.2) is 0 Å². The Morgan fingerprint density at radius 3 is 2.33 bits per heavy atom. The van der Waals surface area contributed by atoms with E-state index >= 15 is 0 Å². The second-order valence-electron chi connectivity index (χ2n) is 4.12. The molecule has 0 heterocycles. The summed E-state index contributed by atoms with van der Waals surface area (Å²) in [7, 11) is 0. The fourth-order valence-corrected chi connectivity index (χ4v) is 1.66. The zero-order valence-electron chi connectivity index (χ0n) is 10.2. The summed E-state index contributed by atoms with van der Waals surface area (Å²) >= 11 is 0. The summed E-state index contributed by atoms with van der Waals surface area (Å²) in [6.45, 7) is 7.77. The lowest BCUT2D eigenvalue weighted by molar-refractivity contribution is 0.554. The molecule has 0 bridgehead atoms. The molecule has 0 aliphatic rings. The van der Waals surface area contributed by atoms with Crippen molar-refractivity contribution in [1.82, 2.24) is 5.32 Å². The monoisotopic (exact) mass is 205 g/mol. The van der Waals surface area contributed by atoms with Crippen molar-refractivity contribution >= 4 is 0 Å². The van der Waals surface area contributed by atoms with Crippen LogP contribution in [0.4, 0.5) is 0 Å². The van der Waals surface area contributed by atoms with Crippen LogP contribution in [-0.4, -0.2) is 6.54 Å². The van der Waals surface area contributed by atoms with Crippen molar-refractivity contribution < 1.29 is 0 Å². The molecule has 0 radical (unpaired) electrons. The van der Waals surface area contributed by atoms with Crippen LogP contribution < -0.4 is 5.32 Å². The van der Waals surface area contributed by atoms with Gasteiger partial charge in [0.1, 0.15) is 0 Å². The standard InChI is InChI=1S/C14H23N/c1-4-6-11-15-12(3)14-9-7-13(5-2)8-10-14/h7-10,12,15H,4-6,11H2,1-3H3/t12-/m0/s1. The summed E-state index contributed by atoms with van der Waals surface area (Å²) in [6.07, 6.45) is 3.64. The summed E-state index contributed by atoms with van der Waals surface area (Å²) in [4.78, 5) is 0. The molecule has 0 aromatic heterocycles. The number of aryl methyl sites for hydroxylation is 1. The fraction of sp³-hybridized carbons (Fsp3) is 0.571. The van der Waals surface area contributed by atoms with E-state index in [0.29, 0.717) is 6.04 Å². The van der Waals surface area contributed by atoms with Gasteiger partial charge < -0.3 is 5.32 Å². The number of hydrogen-bond acceptors (Lipinski definition) is 1. The average molecular weight is 205 g/mol. The molecule has 1 heteroatoms. The van der Waals surface area contributed by atoms with Crippen LogP contribution in [0.1, 0.15) is 50.8 Å². The molecule has 15 heavy (non-hydrogen) atoms. The first-order valence-corrected chi connectivity index (χ1v) is 6.10. The summed E-state index contributed by atoms with van der Waals surface area (Å²) < 4.78 is 0. The molecule has 0 amide bonds. The minimum atomic E-state index is 0.474. The molecular weight excluding hydrogens is 182 g/mol. The van der Waals surface area contributed by atoms with Crippen molar-refractivity contribution in [2.45, 2.75) is 46.1 Å².